The first kappa shape index (κ1) is 18.9. The van der Waals surface area contributed by atoms with Crippen LogP contribution in [-0.2, 0) is 11.3 Å². The molecule has 1 amide bonds. The summed E-state index contributed by atoms with van der Waals surface area (Å²) in [6.45, 7) is 2.86. The maximum absolute atomic E-state index is 13.2. The molecule has 2 aromatic heterocycles. The highest BCUT2D eigenvalue weighted by molar-refractivity contribution is 7.99. The summed E-state index contributed by atoms with van der Waals surface area (Å²) in [6.07, 6.45) is 0.935. The van der Waals surface area contributed by atoms with Crippen molar-refractivity contribution in [1.29, 1.82) is 0 Å². The van der Waals surface area contributed by atoms with Gasteiger partial charge in [0.15, 0.2) is 11.0 Å². The molecular weight excluding hydrogens is 395 g/mol. The maximum atomic E-state index is 13.2. The van der Waals surface area contributed by atoms with Crippen LogP contribution < -0.4 is 5.32 Å². The highest BCUT2D eigenvalue weighted by Gasteiger charge is 2.16. The lowest BCUT2D eigenvalue weighted by Gasteiger charge is -2.08. The Hall–Kier alpha value is -1.90. The molecule has 0 aliphatic heterocycles. The van der Waals surface area contributed by atoms with Crippen molar-refractivity contribution in [3.63, 3.8) is 0 Å². The number of hydrogen-bond donors (Lipinski definition) is 1. The van der Waals surface area contributed by atoms with Crippen molar-refractivity contribution in [3.05, 3.63) is 46.6 Å². The van der Waals surface area contributed by atoms with Crippen molar-refractivity contribution in [2.24, 2.45) is 0 Å². The largest absolute Gasteiger partial charge is 0.325 e. The molecule has 0 radical (unpaired) electrons. The predicted molar refractivity (Wildman–Crippen MR) is 104 cm³/mol. The normalized spacial score (nSPS) is 10.9. The van der Waals surface area contributed by atoms with Crippen LogP contribution in [0.5, 0.6) is 0 Å². The molecule has 9 heteroatoms. The molecule has 0 fully saturated rings. The molecule has 0 unspecified atom stereocenters. The number of nitrogens with zero attached hydrogens (tertiary/aromatic N) is 3. The molecule has 0 aliphatic rings. The summed E-state index contributed by atoms with van der Waals surface area (Å²) in [7, 11) is 0. The van der Waals surface area contributed by atoms with Crippen molar-refractivity contribution in [2.45, 2.75) is 25.0 Å². The van der Waals surface area contributed by atoms with Gasteiger partial charge in [0.05, 0.1) is 15.7 Å². The van der Waals surface area contributed by atoms with E-state index in [0.717, 1.165) is 23.7 Å². The lowest BCUT2D eigenvalue weighted by atomic mass is 10.3. The Kier molecular flexibility index (Phi) is 6.29. The molecule has 136 valence electrons. The molecule has 0 spiro atoms. The Morgan fingerprint density at radius 2 is 2.23 bits per heavy atom. The first-order chi connectivity index (χ1) is 12.6. The highest BCUT2D eigenvalue weighted by atomic mass is 35.5. The second kappa shape index (κ2) is 8.66. The fourth-order valence-electron chi connectivity index (χ4n) is 2.31. The molecule has 3 rings (SSSR count). The van der Waals surface area contributed by atoms with Gasteiger partial charge in [-0.05, 0) is 36.1 Å². The van der Waals surface area contributed by atoms with Gasteiger partial charge >= 0.3 is 0 Å². The number of thioether (sulfide) groups is 1. The number of carbonyl (C=O) groups excluding carboxylic acids is 1. The number of benzene rings is 1. The van der Waals surface area contributed by atoms with E-state index in [2.05, 4.69) is 22.4 Å². The fraction of sp³-hybridized carbons (Fsp3) is 0.235. The van der Waals surface area contributed by atoms with Gasteiger partial charge in [-0.3, -0.25) is 4.79 Å². The van der Waals surface area contributed by atoms with E-state index in [-0.39, 0.29) is 16.7 Å². The maximum Gasteiger partial charge on any atom is 0.234 e. The molecule has 0 saturated carbocycles. The second-order valence-corrected chi connectivity index (χ2v) is 7.70. The van der Waals surface area contributed by atoms with Crippen LogP contribution in [0.2, 0.25) is 5.02 Å². The van der Waals surface area contributed by atoms with Gasteiger partial charge in [0.25, 0.3) is 0 Å². The van der Waals surface area contributed by atoms with Crippen LogP contribution in [0.4, 0.5) is 10.1 Å². The average molecular weight is 411 g/mol. The zero-order chi connectivity index (χ0) is 18.5. The molecule has 26 heavy (non-hydrogen) atoms. The molecule has 3 aromatic rings. The van der Waals surface area contributed by atoms with Crippen LogP contribution in [-0.4, -0.2) is 26.4 Å². The topological polar surface area (TPSA) is 59.8 Å². The zero-order valence-corrected chi connectivity index (χ0v) is 16.3. The number of nitrogens with one attached hydrogen (secondary N) is 1. The summed E-state index contributed by atoms with van der Waals surface area (Å²) in [5, 5.41) is 13.9. The van der Waals surface area contributed by atoms with Gasteiger partial charge in [0.1, 0.15) is 5.82 Å². The Balaban J connectivity index is 1.67. The van der Waals surface area contributed by atoms with Crippen LogP contribution in [0.3, 0.4) is 0 Å². The fourth-order valence-corrected chi connectivity index (χ4v) is 3.97. The van der Waals surface area contributed by atoms with E-state index in [1.54, 1.807) is 11.3 Å². The summed E-state index contributed by atoms with van der Waals surface area (Å²) < 4.78 is 15.2. The van der Waals surface area contributed by atoms with Crippen LogP contribution in [0, 0.1) is 5.82 Å². The second-order valence-electron chi connectivity index (χ2n) is 5.40. The van der Waals surface area contributed by atoms with E-state index < -0.39 is 5.82 Å². The van der Waals surface area contributed by atoms with Crippen LogP contribution >= 0.6 is 34.7 Å². The van der Waals surface area contributed by atoms with Gasteiger partial charge in [-0.25, -0.2) is 4.39 Å². The number of anilines is 1. The minimum atomic E-state index is -0.521. The van der Waals surface area contributed by atoms with E-state index in [9.17, 15) is 9.18 Å². The van der Waals surface area contributed by atoms with E-state index in [4.69, 9.17) is 11.6 Å². The highest BCUT2D eigenvalue weighted by Crippen LogP contribution is 2.27. The third kappa shape index (κ3) is 4.44. The van der Waals surface area contributed by atoms with E-state index in [0.29, 0.717) is 10.8 Å². The number of carbonyl (C=O) groups is 1. The predicted octanol–water partition coefficient (Wildman–Crippen LogP) is 4.94. The summed E-state index contributed by atoms with van der Waals surface area (Å²) in [6, 6.07) is 8.04. The first-order valence-corrected chi connectivity index (χ1v) is 10.2. The van der Waals surface area contributed by atoms with Gasteiger partial charge in [-0.15, -0.1) is 21.5 Å². The molecule has 0 bridgehead atoms. The van der Waals surface area contributed by atoms with Gasteiger partial charge in [0.2, 0.25) is 5.91 Å². The minimum absolute atomic E-state index is 0.0290. The van der Waals surface area contributed by atoms with Gasteiger partial charge in [-0.1, -0.05) is 36.4 Å². The van der Waals surface area contributed by atoms with Crippen LogP contribution in [0.25, 0.3) is 10.7 Å². The molecule has 0 aliphatic carbocycles. The number of aromatic nitrogens is 3. The summed E-state index contributed by atoms with van der Waals surface area (Å²) in [5.74, 6) is 0.241. The Labute approximate surface area is 163 Å². The molecule has 0 atom stereocenters. The zero-order valence-electron chi connectivity index (χ0n) is 13.9. The van der Waals surface area contributed by atoms with E-state index in [1.807, 2.05) is 22.1 Å². The number of rotatable bonds is 7. The molecular formula is C17H16ClFN4OS2. The number of thiophene rings is 1. The lowest BCUT2D eigenvalue weighted by molar-refractivity contribution is -0.113. The van der Waals surface area contributed by atoms with E-state index >= 15 is 0 Å². The van der Waals surface area contributed by atoms with Crippen molar-refractivity contribution in [3.8, 4) is 10.7 Å². The third-order valence-electron chi connectivity index (χ3n) is 3.44. The Bertz CT molecular complexity index is 898. The molecule has 1 N–H and O–H groups in total. The Morgan fingerprint density at radius 1 is 1.38 bits per heavy atom. The van der Waals surface area contributed by atoms with E-state index in [1.165, 1.54) is 30.0 Å². The van der Waals surface area contributed by atoms with Crippen molar-refractivity contribution in [1.82, 2.24) is 14.8 Å². The van der Waals surface area contributed by atoms with Crippen LogP contribution in [0.15, 0.2) is 40.9 Å². The van der Waals surface area contributed by atoms with Crippen molar-refractivity contribution >= 4 is 46.3 Å². The smallest absolute Gasteiger partial charge is 0.234 e. The molecule has 2 heterocycles. The monoisotopic (exact) mass is 410 g/mol. The summed E-state index contributed by atoms with van der Waals surface area (Å²) in [4.78, 5) is 13.2. The van der Waals surface area contributed by atoms with Crippen molar-refractivity contribution in [2.75, 3.05) is 11.1 Å². The lowest BCUT2D eigenvalue weighted by Crippen LogP contribution is -2.14. The third-order valence-corrected chi connectivity index (χ3v) is 5.56. The number of halogens is 2. The Morgan fingerprint density at radius 3 is 2.92 bits per heavy atom. The quantitative estimate of drug-likeness (QED) is 0.560. The first-order valence-electron chi connectivity index (χ1n) is 7.93. The van der Waals surface area contributed by atoms with Gasteiger partial charge in [-0.2, -0.15) is 0 Å². The molecule has 1 aromatic carbocycles. The molecule has 0 saturated heterocycles. The average Bonchev–Trinajstić information content (AvgIpc) is 3.26. The number of amides is 1. The molecule has 5 nitrogen and oxygen atoms in total. The van der Waals surface area contributed by atoms with Gasteiger partial charge < -0.3 is 9.88 Å². The SMILES string of the molecule is CCCn1c(SCC(=O)Nc2ccc(F)c(Cl)c2)nnc1-c1cccs1. The van der Waals surface area contributed by atoms with Crippen LogP contribution in [0.1, 0.15) is 13.3 Å². The summed E-state index contributed by atoms with van der Waals surface area (Å²) in [5.41, 5.74) is 0.455. The summed E-state index contributed by atoms with van der Waals surface area (Å²) >= 11 is 8.64. The number of hydrogen-bond acceptors (Lipinski definition) is 5. The van der Waals surface area contributed by atoms with Crippen molar-refractivity contribution < 1.29 is 9.18 Å². The standard InChI is InChI=1S/C17H16ClFN4OS2/c1-2-7-23-16(14-4-3-8-25-14)21-22-17(23)26-10-15(24)20-11-5-6-13(19)12(18)9-11/h3-6,8-9H,2,7,10H2,1H3,(H,20,24). The minimum Gasteiger partial charge on any atom is -0.325 e. The van der Waals surface area contributed by atoms with Gasteiger partial charge in [0, 0.05) is 12.2 Å².